The molecule has 0 aromatic rings. The maximum absolute atomic E-state index is 11.4. The van der Waals surface area contributed by atoms with Gasteiger partial charge in [-0.3, -0.25) is 19.2 Å². The summed E-state index contributed by atoms with van der Waals surface area (Å²) in [6.45, 7) is 17.8. The van der Waals surface area contributed by atoms with Gasteiger partial charge in [-0.05, 0) is 48.5 Å². The van der Waals surface area contributed by atoms with Crippen LogP contribution in [0.1, 0.15) is 61.3 Å². The van der Waals surface area contributed by atoms with Crippen molar-refractivity contribution in [3.8, 4) is 0 Å². The van der Waals surface area contributed by atoms with Crippen molar-refractivity contribution in [3.63, 3.8) is 0 Å². The lowest BCUT2D eigenvalue weighted by atomic mass is 10.1. The second-order valence-corrected chi connectivity index (χ2v) is 8.79. The number of Topliss-reactive ketones (excluding diaryl/α,β-unsaturated/α-hetero) is 2. The number of nitrogens with one attached hydrogen (secondary N) is 2. The molecule has 0 aliphatic carbocycles. The summed E-state index contributed by atoms with van der Waals surface area (Å²) in [4.78, 5) is 66.1. The first-order valence-electron chi connectivity index (χ1n) is 10.1. The highest BCUT2D eigenvalue weighted by molar-refractivity contribution is 5.97. The van der Waals surface area contributed by atoms with Crippen LogP contribution in [0.25, 0.3) is 0 Å². The van der Waals surface area contributed by atoms with Gasteiger partial charge in [0.05, 0.1) is 23.9 Å². The minimum absolute atomic E-state index is 0.0293. The van der Waals surface area contributed by atoms with E-state index in [0.717, 1.165) is 6.08 Å². The maximum Gasteiger partial charge on any atom is 0.333 e. The normalized spacial score (nSPS) is 10.5. The summed E-state index contributed by atoms with van der Waals surface area (Å²) < 4.78 is 9.74. The Bertz CT molecular complexity index is 781. The molecule has 0 atom stereocenters. The van der Waals surface area contributed by atoms with E-state index in [1.165, 1.54) is 13.8 Å². The number of carbonyl (C=O) groups excluding carboxylic acids is 6. The molecular weight excluding hydrogens is 432 g/mol. The summed E-state index contributed by atoms with van der Waals surface area (Å²) >= 11 is 0. The second kappa shape index (κ2) is 14.7. The van der Waals surface area contributed by atoms with Crippen molar-refractivity contribution in [3.05, 3.63) is 24.8 Å². The molecule has 0 radical (unpaired) electrons. The van der Waals surface area contributed by atoms with Crippen molar-refractivity contribution >= 4 is 35.3 Å². The molecule has 0 saturated carbocycles. The van der Waals surface area contributed by atoms with Crippen molar-refractivity contribution in [2.75, 3.05) is 13.2 Å². The van der Waals surface area contributed by atoms with Crippen molar-refractivity contribution < 1.29 is 38.2 Å². The number of esters is 2. The fourth-order valence-corrected chi connectivity index (χ4v) is 2.05. The van der Waals surface area contributed by atoms with Crippen LogP contribution >= 0.6 is 0 Å². The van der Waals surface area contributed by atoms with Crippen LogP contribution in [0.15, 0.2) is 24.8 Å². The Morgan fingerprint density at radius 2 is 1.12 bits per heavy atom. The Kier molecular flexibility index (Phi) is 14.2. The predicted octanol–water partition coefficient (Wildman–Crippen LogP) is 1.57. The van der Waals surface area contributed by atoms with Crippen LogP contribution in [0.2, 0.25) is 0 Å². The SMILES string of the molecule is C=C(C)C(=O)OCC(C)(C)NC(=O)CC(C)=O.C=CC(=O)OCC(C)(C)NC(=O)CC(C)=O. The van der Waals surface area contributed by atoms with Crippen molar-refractivity contribution in [1.82, 2.24) is 10.6 Å². The third-order valence-electron chi connectivity index (χ3n) is 3.43. The zero-order valence-electron chi connectivity index (χ0n) is 20.6. The van der Waals surface area contributed by atoms with Crippen LogP contribution in [0.3, 0.4) is 0 Å². The van der Waals surface area contributed by atoms with Gasteiger partial charge in [-0.25, -0.2) is 9.59 Å². The van der Waals surface area contributed by atoms with Crippen molar-refractivity contribution in [2.24, 2.45) is 0 Å². The minimum Gasteiger partial charge on any atom is -0.460 e. The fourth-order valence-electron chi connectivity index (χ4n) is 2.05. The molecular formula is C23H36N2O8. The van der Waals surface area contributed by atoms with Gasteiger partial charge in [0, 0.05) is 11.6 Å². The smallest absolute Gasteiger partial charge is 0.333 e. The van der Waals surface area contributed by atoms with E-state index in [9.17, 15) is 28.8 Å². The molecule has 0 unspecified atom stereocenters. The molecule has 0 aromatic heterocycles. The Balaban J connectivity index is 0. The largest absolute Gasteiger partial charge is 0.460 e. The van der Waals surface area contributed by atoms with Crippen molar-refractivity contribution in [2.45, 2.75) is 72.4 Å². The summed E-state index contributed by atoms with van der Waals surface area (Å²) in [5.41, 5.74) is -1.11. The Morgan fingerprint density at radius 3 is 1.42 bits per heavy atom. The van der Waals surface area contributed by atoms with E-state index in [2.05, 4.69) is 23.8 Å². The molecule has 0 aromatic carbocycles. The zero-order chi connectivity index (χ0) is 26.4. The number of hydrogen-bond acceptors (Lipinski definition) is 8. The van der Waals surface area contributed by atoms with Crippen LogP contribution in [0.5, 0.6) is 0 Å². The van der Waals surface area contributed by atoms with Crippen molar-refractivity contribution in [1.29, 1.82) is 0 Å². The zero-order valence-corrected chi connectivity index (χ0v) is 20.6. The second-order valence-electron chi connectivity index (χ2n) is 8.79. The van der Waals surface area contributed by atoms with Gasteiger partial charge < -0.3 is 20.1 Å². The average molecular weight is 469 g/mol. The number of rotatable bonds is 12. The van der Waals surface area contributed by atoms with Gasteiger partial charge in [-0.1, -0.05) is 13.2 Å². The molecule has 10 heteroatoms. The standard InChI is InChI=1S/C12H19NO4.C11H17NO4/c1-8(2)11(16)17-7-12(4,5)13-10(15)6-9(3)14;1-5-10(15)16-7-11(3,4)12-9(14)6-8(2)13/h1,6-7H2,2-5H3,(H,13,15);5H,1,6-7H2,2-4H3,(H,12,14). The van der Waals surface area contributed by atoms with E-state index in [-0.39, 0.29) is 49.4 Å². The molecule has 2 amide bonds. The quantitative estimate of drug-likeness (QED) is 0.249. The summed E-state index contributed by atoms with van der Waals surface area (Å²) in [6.07, 6.45) is 0.712. The van der Waals surface area contributed by atoms with Gasteiger partial charge in [-0.2, -0.15) is 0 Å². The van der Waals surface area contributed by atoms with Crippen LogP contribution in [0, 0.1) is 0 Å². The number of amides is 2. The number of carbonyl (C=O) groups is 6. The highest BCUT2D eigenvalue weighted by Crippen LogP contribution is 2.06. The van der Waals surface area contributed by atoms with Crippen LogP contribution < -0.4 is 10.6 Å². The molecule has 0 saturated heterocycles. The van der Waals surface area contributed by atoms with E-state index in [1.807, 2.05) is 0 Å². The molecule has 0 aliphatic heterocycles. The summed E-state index contributed by atoms with van der Waals surface area (Å²) in [5.74, 6) is -2.23. The minimum atomic E-state index is -0.711. The molecule has 33 heavy (non-hydrogen) atoms. The average Bonchev–Trinajstić information content (AvgIpc) is 2.62. The van der Waals surface area contributed by atoms with Gasteiger partial charge in [-0.15, -0.1) is 0 Å². The molecule has 0 fully saturated rings. The number of ether oxygens (including phenoxy) is 2. The number of hydrogen-bond donors (Lipinski definition) is 2. The first-order valence-corrected chi connectivity index (χ1v) is 10.1. The molecule has 0 bridgehead atoms. The Morgan fingerprint density at radius 1 is 0.758 bits per heavy atom. The summed E-state index contributed by atoms with van der Waals surface area (Å²) in [7, 11) is 0. The third-order valence-corrected chi connectivity index (χ3v) is 3.43. The third kappa shape index (κ3) is 19.1. The highest BCUT2D eigenvalue weighted by atomic mass is 16.5. The fraction of sp³-hybridized carbons (Fsp3) is 0.565. The van der Waals surface area contributed by atoms with E-state index in [1.54, 1.807) is 34.6 Å². The van der Waals surface area contributed by atoms with E-state index in [0.29, 0.717) is 5.57 Å². The molecule has 0 heterocycles. The monoisotopic (exact) mass is 468 g/mol. The molecule has 0 rings (SSSR count). The van der Waals surface area contributed by atoms with Crippen LogP contribution in [0.4, 0.5) is 0 Å². The summed E-state index contributed by atoms with van der Waals surface area (Å²) in [5, 5.41) is 5.21. The molecule has 10 nitrogen and oxygen atoms in total. The van der Waals surface area contributed by atoms with Gasteiger partial charge in [0.25, 0.3) is 0 Å². The molecule has 0 spiro atoms. The first kappa shape index (κ1) is 31.9. The lowest BCUT2D eigenvalue weighted by Gasteiger charge is -2.25. The van der Waals surface area contributed by atoms with E-state index >= 15 is 0 Å². The molecule has 186 valence electrons. The van der Waals surface area contributed by atoms with Crippen LogP contribution in [-0.2, 0) is 38.2 Å². The van der Waals surface area contributed by atoms with E-state index in [4.69, 9.17) is 9.47 Å². The molecule has 0 aliphatic rings. The first-order chi connectivity index (χ1) is 14.9. The van der Waals surface area contributed by atoms with Gasteiger partial charge in [0.15, 0.2) is 0 Å². The predicted molar refractivity (Wildman–Crippen MR) is 122 cm³/mol. The Labute approximate surface area is 195 Å². The number of ketones is 2. The van der Waals surface area contributed by atoms with Crippen LogP contribution in [-0.4, -0.2) is 59.6 Å². The Hall–Kier alpha value is -3.30. The van der Waals surface area contributed by atoms with Gasteiger partial charge in [0.2, 0.25) is 11.8 Å². The summed E-state index contributed by atoms with van der Waals surface area (Å²) in [6, 6.07) is 0. The lowest BCUT2D eigenvalue weighted by molar-refractivity contribution is -0.142. The topological polar surface area (TPSA) is 145 Å². The maximum atomic E-state index is 11.4. The highest BCUT2D eigenvalue weighted by Gasteiger charge is 2.24. The van der Waals surface area contributed by atoms with E-state index < -0.39 is 23.0 Å². The lowest BCUT2D eigenvalue weighted by Crippen LogP contribution is -2.47. The molecule has 2 N–H and O–H groups in total. The van der Waals surface area contributed by atoms with Gasteiger partial charge in [0.1, 0.15) is 24.8 Å². The van der Waals surface area contributed by atoms with Gasteiger partial charge >= 0.3 is 11.9 Å².